The lowest BCUT2D eigenvalue weighted by Crippen LogP contribution is -2.30. The van der Waals surface area contributed by atoms with Crippen LogP contribution < -0.4 is 4.90 Å². The zero-order valence-corrected chi connectivity index (χ0v) is 16.4. The van der Waals surface area contributed by atoms with Crippen LogP contribution in [0.2, 0.25) is 0 Å². The molecule has 5 rings (SSSR count). The van der Waals surface area contributed by atoms with Gasteiger partial charge < -0.3 is 9.47 Å². The molecule has 136 valence electrons. The fraction of sp³-hybridized carbons (Fsp3) is 0.409. The fourth-order valence-corrected chi connectivity index (χ4v) is 4.29. The number of hydrogen-bond donors (Lipinski definition) is 0. The van der Waals surface area contributed by atoms with Gasteiger partial charge in [-0.05, 0) is 55.7 Å². The molecule has 1 fully saturated rings. The van der Waals surface area contributed by atoms with E-state index in [1.807, 2.05) is 0 Å². The molecular formula is C22H26ClN3. The van der Waals surface area contributed by atoms with Gasteiger partial charge >= 0.3 is 0 Å². The van der Waals surface area contributed by atoms with Gasteiger partial charge in [0, 0.05) is 36.9 Å². The van der Waals surface area contributed by atoms with Crippen molar-refractivity contribution >= 4 is 29.0 Å². The van der Waals surface area contributed by atoms with E-state index in [2.05, 4.69) is 65.0 Å². The van der Waals surface area contributed by atoms with Crippen molar-refractivity contribution in [2.75, 3.05) is 11.4 Å². The molecule has 0 saturated heterocycles. The Labute approximate surface area is 161 Å². The number of halogens is 1. The maximum absolute atomic E-state index is 4.60. The summed E-state index contributed by atoms with van der Waals surface area (Å²) in [6.45, 7) is 7.75. The van der Waals surface area contributed by atoms with E-state index in [1.54, 1.807) is 0 Å². The number of fused-ring (bicyclic) bond motifs is 2. The summed E-state index contributed by atoms with van der Waals surface area (Å²) in [5.74, 6) is 0.872. The topological polar surface area (TPSA) is 21.1 Å². The van der Waals surface area contributed by atoms with E-state index in [4.69, 9.17) is 0 Å². The van der Waals surface area contributed by atoms with Crippen molar-refractivity contribution < 1.29 is 0 Å². The van der Waals surface area contributed by atoms with Gasteiger partial charge in [0.2, 0.25) is 0 Å². The van der Waals surface area contributed by atoms with Crippen molar-refractivity contribution in [3.63, 3.8) is 0 Å². The predicted octanol–water partition coefficient (Wildman–Crippen LogP) is 5.05. The second kappa shape index (κ2) is 6.62. The smallest absolute Gasteiger partial charge is 0.0803 e. The fourth-order valence-electron chi connectivity index (χ4n) is 4.29. The molecule has 1 aliphatic heterocycles. The van der Waals surface area contributed by atoms with Crippen molar-refractivity contribution in [1.29, 1.82) is 0 Å². The Morgan fingerprint density at radius 3 is 2.62 bits per heavy atom. The number of nitrogens with zero attached hydrogens (tertiary/aromatic N) is 3. The molecule has 3 nitrogen and oxygen atoms in total. The summed E-state index contributed by atoms with van der Waals surface area (Å²) >= 11 is 0. The summed E-state index contributed by atoms with van der Waals surface area (Å²) in [5, 5.41) is 1.33. The van der Waals surface area contributed by atoms with Gasteiger partial charge in [-0.3, -0.25) is 4.98 Å². The second-order valence-electron chi connectivity index (χ2n) is 7.76. The Bertz CT molecular complexity index is 955. The summed E-state index contributed by atoms with van der Waals surface area (Å²) in [6, 6.07) is 8.86. The van der Waals surface area contributed by atoms with Crippen LogP contribution in [0, 0.1) is 19.8 Å². The molecule has 2 aliphatic rings. The molecule has 26 heavy (non-hydrogen) atoms. The summed E-state index contributed by atoms with van der Waals surface area (Å²) in [7, 11) is 0. The normalized spacial score (nSPS) is 16.5. The third-order valence-electron chi connectivity index (χ3n) is 6.13. The summed E-state index contributed by atoms with van der Waals surface area (Å²) in [5.41, 5.74) is 8.47. The molecule has 0 bridgehead atoms. The molecule has 0 N–H and O–H groups in total. The third kappa shape index (κ3) is 2.79. The van der Waals surface area contributed by atoms with E-state index in [-0.39, 0.29) is 12.4 Å². The van der Waals surface area contributed by atoms with Crippen LogP contribution in [-0.2, 0) is 19.5 Å². The van der Waals surface area contributed by atoms with Crippen LogP contribution in [0.4, 0.5) is 5.69 Å². The highest BCUT2D eigenvalue weighted by molar-refractivity contribution is 5.94. The van der Waals surface area contributed by atoms with Gasteiger partial charge in [0.15, 0.2) is 0 Å². The van der Waals surface area contributed by atoms with Gasteiger partial charge in [0.25, 0.3) is 0 Å². The van der Waals surface area contributed by atoms with Crippen molar-refractivity contribution in [3.05, 3.63) is 59.0 Å². The van der Waals surface area contributed by atoms with E-state index < -0.39 is 0 Å². The van der Waals surface area contributed by atoms with Gasteiger partial charge in [-0.25, -0.2) is 0 Å². The Morgan fingerprint density at radius 1 is 1.08 bits per heavy atom. The van der Waals surface area contributed by atoms with E-state index in [0.717, 1.165) is 32.0 Å². The molecule has 4 heteroatoms. The van der Waals surface area contributed by atoms with Crippen molar-refractivity contribution in [1.82, 2.24) is 9.55 Å². The molecule has 0 spiro atoms. The number of anilines is 1. The largest absolute Gasteiger partial charge is 0.364 e. The van der Waals surface area contributed by atoms with Crippen LogP contribution in [0.25, 0.3) is 10.9 Å². The van der Waals surface area contributed by atoms with Crippen molar-refractivity contribution in [3.8, 4) is 0 Å². The summed E-state index contributed by atoms with van der Waals surface area (Å²) < 4.78 is 2.57. The minimum absolute atomic E-state index is 0. The highest BCUT2D eigenvalue weighted by Crippen LogP contribution is 2.38. The van der Waals surface area contributed by atoms with E-state index >= 15 is 0 Å². The minimum Gasteiger partial charge on any atom is -0.364 e. The lowest BCUT2D eigenvalue weighted by atomic mass is 9.99. The lowest BCUT2D eigenvalue weighted by molar-refractivity contribution is 0.630. The first-order chi connectivity index (χ1) is 12.2. The monoisotopic (exact) mass is 367 g/mol. The first-order valence-electron chi connectivity index (χ1n) is 9.47. The molecule has 3 aromatic rings. The molecule has 0 amide bonds. The first-order valence-corrected chi connectivity index (χ1v) is 9.47. The average Bonchev–Trinajstić information content (AvgIpc) is 3.44. The van der Waals surface area contributed by atoms with Crippen LogP contribution in [0.3, 0.4) is 0 Å². The van der Waals surface area contributed by atoms with Crippen molar-refractivity contribution in [2.45, 2.75) is 46.2 Å². The molecule has 0 unspecified atom stereocenters. The summed E-state index contributed by atoms with van der Waals surface area (Å²) in [6.07, 6.45) is 8.03. The molecule has 1 aliphatic carbocycles. The Morgan fingerprint density at radius 2 is 1.85 bits per heavy atom. The number of rotatable bonds is 3. The highest BCUT2D eigenvalue weighted by Gasteiger charge is 2.26. The van der Waals surface area contributed by atoms with Crippen LogP contribution in [0.5, 0.6) is 0 Å². The number of hydrogen-bond acceptors (Lipinski definition) is 2. The number of pyridine rings is 1. The molecule has 3 heterocycles. The first kappa shape index (κ1) is 17.4. The molecule has 2 aromatic heterocycles. The van der Waals surface area contributed by atoms with Crippen molar-refractivity contribution in [2.24, 2.45) is 5.92 Å². The maximum Gasteiger partial charge on any atom is 0.0803 e. The Kier molecular flexibility index (Phi) is 4.44. The average molecular weight is 368 g/mol. The van der Waals surface area contributed by atoms with Gasteiger partial charge in [0.1, 0.15) is 0 Å². The number of aromatic nitrogens is 2. The van der Waals surface area contributed by atoms with Gasteiger partial charge in [-0.2, -0.15) is 0 Å². The minimum atomic E-state index is 0. The van der Waals surface area contributed by atoms with E-state index in [1.165, 1.54) is 51.8 Å². The van der Waals surface area contributed by atoms with Crippen LogP contribution >= 0.6 is 12.4 Å². The number of benzene rings is 1. The number of aryl methyl sites for hydroxylation is 1. The van der Waals surface area contributed by atoms with E-state index in [0.29, 0.717) is 0 Å². The summed E-state index contributed by atoms with van der Waals surface area (Å²) in [4.78, 5) is 7.13. The molecular weight excluding hydrogens is 342 g/mol. The van der Waals surface area contributed by atoms with Gasteiger partial charge in [-0.1, -0.05) is 24.3 Å². The van der Waals surface area contributed by atoms with Crippen LogP contribution in [0.1, 0.15) is 35.2 Å². The maximum atomic E-state index is 4.60. The predicted molar refractivity (Wildman–Crippen MR) is 110 cm³/mol. The Balaban J connectivity index is 0.00000168. The Hall–Kier alpha value is -2.00. The standard InChI is InChI=1S/C22H25N3.ClH/c1-15-16(2)25(13-17-7-8-17)22-20(15)11-23-12-21(22)24-10-9-18-5-3-4-6-19(18)14-24;/h3-6,11-12,17H,7-10,13-14H2,1-2H3;1H. The zero-order valence-electron chi connectivity index (χ0n) is 15.5. The van der Waals surface area contributed by atoms with Gasteiger partial charge in [0.05, 0.1) is 17.4 Å². The second-order valence-corrected chi connectivity index (χ2v) is 7.76. The van der Waals surface area contributed by atoms with E-state index in [9.17, 15) is 0 Å². The molecule has 1 saturated carbocycles. The molecule has 0 radical (unpaired) electrons. The zero-order chi connectivity index (χ0) is 17.0. The highest BCUT2D eigenvalue weighted by atomic mass is 35.5. The molecule has 1 aromatic carbocycles. The molecule has 0 atom stereocenters. The van der Waals surface area contributed by atoms with Crippen LogP contribution in [-0.4, -0.2) is 16.1 Å². The SMILES string of the molecule is Cc1c(C)n(CC2CC2)c2c(N3CCc4ccccc4C3)cncc12.Cl. The lowest BCUT2D eigenvalue weighted by Gasteiger charge is -2.31. The van der Waals surface area contributed by atoms with Crippen LogP contribution in [0.15, 0.2) is 36.7 Å². The van der Waals surface area contributed by atoms with Gasteiger partial charge in [-0.15, -0.1) is 12.4 Å². The quantitative estimate of drug-likeness (QED) is 0.646. The third-order valence-corrected chi connectivity index (χ3v) is 6.13.